The van der Waals surface area contributed by atoms with Crippen LogP contribution in [-0.4, -0.2) is 20.8 Å². The lowest BCUT2D eigenvalue weighted by Crippen LogP contribution is -2.21. The number of nitrogens with zero attached hydrogens (tertiary/aromatic N) is 3. The fourth-order valence-electron chi connectivity index (χ4n) is 1.63. The van der Waals surface area contributed by atoms with Crippen molar-refractivity contribution in [3.05, 3.63) is 23.0 Å². The Morgan fingerprint density at radius 2 is 2.24 bits per heavy atom. The third-order valence-corrected chi connectivity index (χ3v) is 3.41. The minimum absolute atomic E-state index is 0.486. The molecule has 0 aromatic carbocycles. The predicted octanol–water partition coefficient (Wildman–Crippen LogP) is 2.35. The molecule has 0 spiro atoms. The molecule has 0 bridgehead atoms. The van der Waals surface area contributed by atoms with Gasteiger partial charge in [-0.3, -0.25) is 4.68 Å². The molecule has 0 fully saturated rings. The van der Waals surface area contributed by atoms with Crippen molar-refractivity contribution in [1.29, 1.82) is 0 Å². The molecule has 0 saturated heterocycles. The zero-order chi connectivity index (χ0) is 12.4. The molecule has 4 nitrogen and oxygen atoms in total. The maximum atomic E-state index is 4.63. The quantitative estimate of drug-likeness (QED) is 0.905. The number of thiazole rings is 1. The van der Waals surface area contributed by atoms with Crippen LogP contribution in [0.1, 0.15) is 25.2 Å². The molecule has 2 heterocycles. The van der Waals surface area contributed by atoms with Crippen LogP contribution in [0.25, 0.3) is 10.6 Å². The van der Waals surface area contributed by atoms with E-state index in [0.717, 1.165) is 28.5 Å². The predicted molar refractivity (Wildman–Crippen MR) is 71.0 cm³/mol. The molecule has 2 aromatic rings. The number of nitrogens with one attached hydrogen (secondary N) is 1. The SMILES string of the molecule is Cc1nn(C)cc1-c1nc(CNC(C)C)cs1. The first-order chi connectivity index (χ1) is 8.06. The second kappa shape index (κ2) is 4.98. The molecule has 0 radical (unpaired) electrons. The first kappa shape index (κ1) is 12.3. The summed E-state index contributed by atoms with van der Waals surface area (Å²) >= 11 is 1.68. The smallest absolute Gasteiger partial charge is 0.127 e. The third-order valence-electron chi connectivity index (χ3n) is 2.49. The van der Waals surface area contributed by atoms with Gasteiger partial charge in [-0.2, -0.15) is 5.10 Å². The van der Waals surface area contributed by atoms with E-state index in [2.05, 4.69) is 34.6 Å². The summed E-state index contributed by atoms with van der Waals surface area (Å²) in [7, 11) is 1.94. The van der Waals surface area contributed by atoms with Gasteiger partial charge in [0.15, 0.2) is 0 Å². The van der Waals surface area contributed by atoms with Gasteiger partial charge < -0.3 is 5.32 Å². The van der Waals surface area contributed by atoms with Gasteiger partial charge in [0, 0.05) is 31.2 Å². The lowest BCUT2D eigenvalue weighted by Gasteiger charge is -2.04. The lowest BCUT2D eigenvalue weighted by molar-refractivity contribution is 0.583. The normalized spacial score (nSPS) is 11.4. The minimum atomic E-state index is 0.486. The number of aromatic nitrogens is 3. The minimum Gasteiger partial charge on any atom is -0.309 e. The van der Waals surface area contributed by atoms with E-state index in [1.165, 1.54) is 0 Å². The summed E-state index contributed by atoms with van der Waals surface area (Å²) in [5, 5.41) is 10.9. The van der Waals surface area contributed by atoms with Crippen molar-refractivity contribution in [3.8, 4) is 10.6 Å². The Labute approximate surface area is 106 Å². The lowest BCUT2D eigenvalue weighted by atomic mass is 10.3. The Hall–Kier alpha value is -1.20. The van der Waals surface area contributed by atoms with Gasteiger partial charge >= 0.3 is 0 Å². The summed E-state index contributed by atoms with van der Waals surface area (Å²) < 4.78 is 1.83. The van der Waals surface area contributed by atoms with Crippen molar-refractivity contribution in [2.75, 3.05) is 0 Å². The van der Waals surface area contributed by atoms with E-state index in [1.807, 2.05) is 24.9 Å². The summed E-state index contributed by atoms with van der Waals surface area (Å²) in [6, 6.07) is 0.486. The van der Waals surface area contributed by atoms with Crippen molar-refractivity contribution >= 4 is 11.3 Å². The maximum absolute atomic E-state index is 4.63. The second-order valence-electron chi connectivity index (χ2n) is 4.48. The Morgan fingerprint density at radius 3 is 2.82 bits per heavy atom. The molecule has 1 N–H and O–H groups in total. The van der Waals surface area contributed by atoms with Crippen molar-refractivity contribution < 1.29 is 0 Å². The third kappa shape index (κ3) is 2.92. The van der Waals surface area contributed by atoms with E-state index in [9.17, 15) is 0 Å². The molecule has 0 aliphatic carbocycles. The first-order valence-corrected chi connectivity index (χ1v) is 6.62. The Balaban J connectivity index is 2.15. The summed E-state index contributed by atoms with van der Waals surface area (Å²) in [5.41, 5.74) is 3.26. The van der Waals surface area contributed by atoms with Crippen LogP contribution in [0.2, 0.25) is 0 Å². The van der Waals surface area contributed by atoms with E-state index in [0.29, 0.717) is 6.04 Å². The van der Waals surface area contributed by atoms with Gasteiger partial charge in [-0.25, -0.2) is 4.98 Å². The average molecular weight is 250 g/mol. The number of hydrogen-bond donors (Lipinski definition) is 1. The zero-order valence-electron chi connectivity index (χ0n) is 10.7. The van der Waals surface area contributed by atoms with E-state index >= 15 is 0 Å². The summed E-state index contributed by atoms with van der Waals surface area (Å²) in [6.45, 7) is 7.12. The maximum Gasteiger partial charge on any atom is 0.127 e. The molecule has 0 unspecified atom stereocenters. The Kier molecular flexibility index (Phi) is 3.59. The van der Waals surface area contributed by atoms with Gasteiger partial charge in [0.2, 0.25) is 0 Å². The molecule has 0 aliphatic heterocycles. The van der Waals surface area contributed by atoms with Gasteiger partial charge in [0.05, 0.1) is 17.0 Å². The standard InChI is InChI=1S/C12H18N4S/c1-8(2)13-5-10-7-17-12(14-10)11-6-16(4)15-9(11)3/h6-8,13H,5H2,1-4H3. The van der Waals surface area contributed by atoms with Crippen LogP contribution in [0.15, 0.2) is 11.6 Å². The molecule has 92 valence electrons. The van der Waals surface area contributed by atoms with Crippen molar-refractivity contribution in [2.24, 2.45) is 7.05 Å². The average Bonchev–Trinajstić information content (AvgIpc) is 2.82. The molecule has 0 aliphatic rings. The molecule has 0 amide bonds. The largest absolute Gasteiger partial charge is 0.309 e. The van der Waals surface area contributed by atoms with Crippen LogP contribution in [0.4, 0.5) is 0 Å². The number of aryl methyl sites for hydroxylation is 2. The number of rotatable bonds is 4. The fraction of sp³-hybridized carbons (Fsp3) is 0.500. The van der Waals surface area contributed by atoms with E-state index in [4.69, 9.17) is 0 Å². The number of hydrogen-bond acceptors (Lipinski definition) is 4. The second-order valence-corrected chi connectivity index (χ2v) is 5.34. The molecule has 2 aromatic heterocycles. The fourth-order valence-corrected chi connectivity index (χ4v) is 2.51. The van der Waals surface area contributed by atoms with Crippen molar-refractivity contribution in [3.63, 3.8) is 0 Å². The summed E-state index contributed by atoms with van der Waals surface area (Å²) in [6.07, 6.45) is 2.02. The monoisotopic (exact) mass is 250 g/mol. The van der Waals surface area contributed by atoms with Crippen LogP contribution in [0.3, 0.4) is 0 Å². The molecule has 17 heavy (non-hydrogen) atoms. The van der Waals surface area contributed by atoms with E-state index < -0.39 is 0 Å². The van der Waals surface area contributed by atoms with Crippen LogP contribution in [0.5, 0.6) is 0 Å². The molecular formula is C12H18N4S. The molecular weight excluding hydrogens is 232 g/mol. The van der Waals surface area contributed by atoms with Crippen molar-refractivity contribution in [1.82, 2.24) is 20.1 Å². The van der Waals surface area contributed by atoms with E-state index in [-0.39, 0.29) is 0 Å². The van der Waals surface area contributed by atoms with Crippen LogP contribution in [0, 0.1) is 6.92 Å². The summed E-state index contributed by atoms with van der Waals surface area (Å²) in [4.78, 5) is 4.63. The van der Waals surface area contributed by atoms with Crippen LogP contribution < -0.4 is 5.32 Å². The molecule has 5 heteroatoms. The highest BCUT2D eigenvalue weighted by Crippen LogP contribution is 2.25. The summed E-state index contributed by atoms with van der Waals surface area (Å²) in [5.74, 6) is 0. The van der Waals surface area contributed by atoms with Gasteiger partial charge in [0.1, 0.15) is 5.01 Å². The zero-order valence-corrected chi connectivity index (χ0v) is 11.5. The van der Waals surface area contributed by atoms with E-state index in [1.54, 1.807) is 11.3 Å². The topological polar surface area (TPSA) is 42.7 Å². The highest BCUT2D eigenvalue weighted by Gasteiger charge is 2.10. The van der Waals surface area contributed by atoms with Gasteiger partial charge in [-0.05, 0) is 6.92 Å². The van der Waals surface area contributed by atoms with Gasteiger partial charge in [0.25, 0.3) is 0 Å². The molecule has 2 rings (SSSR count). The Morgan fingerprint density at radius 1 is 1.47 bits per heavy atom. The highest BCUT2D eigenvalue weighted by molar-refractivity contribution is 7.13. The van der Waals surface area contributed by atoms with Crippen molar-refractivity contribution in [2.45, 2.75) is 33.4 Å². The van der Waals surface area contributed by atoms with Crippen LogP contribution >= 0.6 is 11.3 Å². The van der Waals surface area contributed by atoms with Crippen LogP contribution in [-0.2, 0) is 13.6 Å². The van der Waals surface area contributed by atoms with Gasteiger partial charge in [-0.15, -0.1) is 11.3 Å². The molecule has 0 saturated carbocycles. The highest BCUT2D eigenvalue weighted by atomic mass is 32.1. The first-order valence-electron chi connectivity index (χ1n) is 5.74. The van der Waals surface area contributed by atoms with Gasteiger partial charge in [-0.1, -0.05) is 13.8 Å². The Bertz CT molecular complexity index is 498. The molecule has 0 atom stereocenters.